The summed E-state index contributed by atoms with van der Waals surface area (Å²) in [5.74, 6) is -0.538. The average Bonchev–Trinajstić information content (AvgIpc) is 3.46. The van der Waals surface area contributed by atoms with Crippen LogP contribution in [0, 0.1) is 0 Å². The van der Waals surface area contributed by atoms with Gasteiger partial charge in [-0.25, -0.2) is 19.7 Å². The molecule has 0 radical (unpaired) electrons. The molecule has 1 aromatic carbocycles. The molecule has 1 aliphatic heterocycles. The second-order valence-corrected chi connectivity index (χ2v) is 11.7. The van der Waals surface area contributed by atoms with Gasteiger partial charge in [0.1, 0.15) is 24.1 Å². The summed E-state index contributed by atoms with van der Waals surface area (Å²) in [6.45, 7) is 12.4. The molecule has 3 aromatic rings. The van der Waals surface area contributed by atoms with Crippen LogP contribution in [0.15, 0.2) is 36.9 Å². The summed E-state index contributed by atoms with van der Waals surface area (Å²) in [5, 5.41) is 5.84. The van der Waals surface area contributed by atoms with E-state index in [-0.39, 0.29) is 17.6 Å². The first-order valence-corrected chi connectivity index (χ1v) is 13.5. The van der Waals surface area contributed by atoms with Gasteiger partial charge in [0.15, 0.2) is 23.5 Å². The maximum atomic E-state index is 12.4. The normalized spacial score (nSPS) is 19.7. The number of fused-ring (bicyclic) bond motifs is 1. The zero-order valence-corrected chi connectivity index (χ0v) is 24.5. The van der Waals surface area contributed by atoms with E-state index in [0.29, 0.717) is 43.2 Å². The van der Waals surface area contributed by atoms with Crippen LogP contribution in [0.4, 0.5) is 10.6 Å². The molecule has 0 spiro atoms. The monoisotopic (exact) mass is 554 g/mol. The number of carbonyl (C=O) groups is 1. The number of nitrogens with one attached hydrogen (secondary N) is 2. The number of ether oxygens (including phenoxy) is 3. The van der Waals surface area contributed by atoms with E-state index in [9.17, 15) is 4.79 Å². The largest absolute Gasteiger partial charge is 0.382 e. The van der Waals surface area contributed by atoms with Gasteiger partial charge in [-0.1, -0.05) is 45.0 Å². The Morgan fingerprint density at radius 3 is 2.58 bits per heavy atom. The predicted octanol–water partition coefficient (Wildman–Crippen LogP) is 2.80. The summed E-state index contributed by atoms with van der Waals surface area (Å²) in [7, 11) is 3.62. The molecule has 218 valence electrons. The molecule has 0 saturated carbocycles. The zero-order chi connectivity index (χ0) is 29.1. The number of anilines is 1. The number of nitrogens with two attached hydrogens (primary N) is 1. The standard InChI is InChI=1S/C28H42N8O4/c1-27(2,3)19-10-8-18(9-11-19)14-31-26(37)30-12-13-35(6)15-20(38-7)22-25(40-28(4,5)39-22)36-17-34-21-23(29)32-16-33-24(21)36/h8-11,16-17,20,22,25H,12-15H2,1-7H3,(H2,29,32,33)(H2,30,31,37)/t20-,22-,25-/m1/s1. The summed E-state index contributed by atoms with van der Waals surface area (Å²) >= 11 is 0. The number of urea groups is 1. The van der Waals surface area contributed by atoms with E-state index in [0.717, 1.165) is 5.56 Å². The van der Waals surface area contributed by atoms with Crippen LogP contribution in [0.5, 0.6) is 0 Å². The number of nitrogen functional groups attached to an aromatic ring is 1. The zero-order valence-electron chi connectivity index (χ0n) is 24.5. The Hall–Kier alpha value is -3.32. The molecule has 0 unspecified atom stereocenters. The van der Waals surface area contributed by atoms with Gasteiger partial charge >= 0.3 is 6.03 Å². The van der Waals surface area contributed by atoms with Crippen molar-refractivity contribution in [2.45, 2.75) is 70.8 Å². The molecule has 2 aromatic heterocycles. The van der Waals surface area contributed by atoms with Gasteiger partial charge < -0.3 is 35.5 Å². The van der Waals surface area contributed by atoms with Crippen LogP contribution >= 0.6 is 0 Å². The Labute approximate surface area is 235 Å². The third kappa shape index (κ3) is 7.05. The van der Waals surface area contributed by atoms with Crippen molar-refractivity contribution in [3.63, 3.8) is 0 Å². The van der Waals surface area contributed by atoms with Gasteiger partial charge in [0.05, 0.1) is 6.33 Å². The Morgan fingerprint density at radius 1 is 1.18 bits per heavy atom. The summed E-state index contributed by atoms with van der Waals surface area (Å²) in [5.41, 5.74) is 9.47. The number of carbonyl (C=O) groups excluding carboxylic acids is 1. The van der Waals surface area contributed by atoms with Crippen LogP contribution < -0.4 is 16.4 Å². The minimum Gasteiger partial charge on any atom is -0.382 e. The molecule has 1 saturated heterocycles. The molecule has 4 rings (SSSR count). The Kier molecular flexibility index (Phi) is 8.93. The number of benzene rings is 1. The maximum absolute atomic E-state index is 12.4. The van der Waals surface area contributed by atoms with Crippen molar-refractivity contribution < 1.29 is 19.0 Å². The highest BCUT2D eigenvalue weighted by atomic mass is 16.8. The maximum Gasteiger partial charge on any atom is 0.315 e. The number of amides is 2. The SMILES string of the molecule is CO[C@H](CN(C)CCNC(=O)NCc1ccc(C(C)(C)C)cc1)[C@H]1OC(C)(C)O[C@H]1n1cnc2c(N)ncnc21. The first kappa shape index (κ1) is 29.7. The summed E-state index contributed by atoms with van der Waals surface area (Å²) in [6.07, 6.45) is 1.72. The number of methoxy groups -OCH3 is 1. The van der Waals surface area contributed by atoms with Crippen LogP contribution in [0.1, 0.15) is 52.0 Å². The molecular weight excluding hydrogens is 512 g/mol. The fourth-order valence-corrected chi connectivity index (χ4v) is 4.74. The highest BCUT2D eigenvalue weighted by Gasteiger charge is 2.47. The van der Waals surface area contributed by atoms with Gasteiger partial charge in [0.25, 0.3) is 0 Å². The molecular formula is C28H42N8O4. The van der Waals surface area contributed by atoms with E-state index >= 15 is 0 Å². The first-order valence-electron chi connectivity index (χ1n) is 13.5. The molecule has 40 heavy (non-hydrogen) atoms. The van der Waals surface area contributed by atoms with Crippen LogP contribution in [0.25, 0.3) is 11.2 Å². The lowest BCUT2D eigenvalue weighted by atomic mass is 9.87. The van der Waals surface area contributed by atoms with E-state index in [2.05, 4.69) is 75.5 Å². The van der Waals surface area contributed by atoms with E-state index < -0.39 is 18.1 Å². The van der Waals surface area contributed by atoms with Gasteiger partial charge in [-0.05, 0) is 37.4 Å². The van der Waals surface area contributed by atoms with Gasteiger partial charge in [-0.15, -0.1) is 0 Å². The minimum atomic E-state index is -0.841. The number of aromatic nitrogens is 4. The molecule has 0 aliphatic carbocycles. The highest BCUT2D eigenvalue weighted by molar-refractivity contribution is 5.81. The van der Waals surface area contributed by atoms with Gasteiger partial charge in [0, 0.05) is 33.3 Å². The van der Waals surface area contributed by atoms with E-state index in [1.54, 1.807) is 18.0 Å². The lowest BCUT2D eigenvalue weighted by molar-refractivity contribution is -0.161. The quantitative estimate of drug-likeness (QED) is 0.345. The summed E-state index contributed by atoms with van der Waals surface area (Å²) in [4.78, 5) is 27.2. The van der Waals surface area contributed by atoms with Gasteiger partial charge in [-0.3, -0.25) is 4.57 Å². The van der Waals surface area contributed by atoms with Gasteiger partial charge in [-0.2, -0.15) is 0 Å². The van der Waals surface area contributed by atoms with Crippen LogP contribution in [-0.4, -0.2) is 82.2 Å². The molecule has 12 nitrogen and oxygen atoms in total. The van der Waals surface area contributed by atoms with Crippen molar-refractivity contribution in [2.24, 2.45) is 0 Å². The molecule has 1 aliphatic rings. The average molecular weight is 555 g/mol. The number of imidazole rings is 1. The number of hydrogen-bond acceptors (Lipinski definition) is 9. The summed E-state index contributed by atoms with van der Waals surface area (Å²) < 4.78 is 20.2. The first-order chi connectivity index (χ1) is 18.9. The van der Waals surface area contributed by atoms with Gasteiger partial charge in [0.2, 0.25) is 0 Å². The number of nitrogens with zero attached hydrogens (tertiary/aromatic N) is 5. The smallest absolute Gasteiger partial charge is 0.315 e. The van der Waals surface area contributed by atoms with E-state index in [1.165, 1.54) is 11.9 Å². The third-order valence-corrected chi connectivity index (χ3v) is 6.98. The third-order valence-electron chi connectivity index (χ3n) is 6.98. The van der Waals surface area contributed by atoms with Crippen molar-refractivity contribution >= 4 is 23.0 Å². The van der Waals surface area contributed by atoms with Crippen LogP contribution in [-0.2, 0) is 26.2 Å². The van der Waals surface area contributed by atoms with E-state index in [1.807, 2.05) is 20.9 Å². The number of hydrogen-bond donors (Lipinski definition) is 3. The van der Waals surface area contributed by atoms with Crippen LogP contribution in [0.2, 0.25) is 0 Å². The summed E-state index contributed by atoms with van der Waals surface area (Å²) in [6, 6.07) is 8.12. The fourth-order valence-electron chi connectivity index (χ4n) is 4.74. The molecule has 1 fully saturated rings. The Balaban J connectivity index is 1.29. The van der Waals surface area contributed by atoms with Crippen molar-refractivity contribution in [1.29, 1.82) is 0 Å². The molecule has 12 heteroatoms. The van der Waals surface area contributed by atoms with E-state index in [4.69, 9.17) is 19.9 Å². The number of rotatable bonds is 10. The molecule has 0 bridgehead atoms. The minimum absolute atomic E-state index is 0.0998. The van der Waals surface area contributed by atoms with Crippen molar-refractivity contribution in [1.82, 2.24) is 35.1 Å². The second-order valence-electron chi connectivity index (χ2n) is 11.7. The lowest BCUT2D eigenvalue weighted by Gasteiger charge is -2.29. The molecule has 3 heterocycles. The highest BCUT2D eigenvalue weighted by Crippen LogP contribution is 2.38. The molecule has 4 N–H and O–H groups in total. The Morgan fingerprint density at radius 2 is 1.90 bits per heavy atom. The number of likely N-dealkylation sites (N-methyl/N-ethyl adjacent to an activating group) is 1. The Bertz CT molecular complexity index is 1290. The predicted molar refractivity (Wildman–Crippen MR) is 152 cm³/mol. The fraction of sp³-hybridized carbons (Fsp3) is 0.571. The topological polar surface area (TPSA) is 142 Å². The molecule has 2 amide bonds. The van der Waals surface area contributed by atoms with Crippen molar-refractivity contribution in [3.8, 4) is 0 Å². The van der Waals surface area contributed by atoms with Crippen molar-refractivity contribution in [3.05, 3.63) is 48.0 Å². The van der Waals surface area contributed by atoms with Crippen LogP contribution in [0.3, 0.4) is 0 Å². The van der Waals surface area contributed by atoms with Crippen molar-refractivity contribution in [2.75, 3.05) is 39.5 Å². The lowest BCUT2D eigenvalue weighted by Crippen LogP contribution is -2.45. The second kappa shape index (κ2) is 12.0. The molecule has 3 atom stereocenters.